The lowest BCUT2D eigenvalue weighted by molar-refractivity contribution is -0.938. The highest BCUT2D eigenvalue weighted by atomic mass is 19.4. The van der Waals surface area contributed by atoms with Crippen LogP contribution in [-0.2, 0) is 14.3 Å². The van der Waals surface area contributed by atoms with E-state index in [9.17, 15) is 27.2 Å². The number of esters is 1. The van der Waals surface area contributed by atoms with Gasteiger partial charge in [-0.3, -0.25) is 4.79 Å². The molecule has 42 heavy (non-hydrogen) atoms. The van der Waals surface area contributed by atoms with Gasteiger partial charge in [0.15, 0.2) is 12.1 Å². The highest BCUT2D eigenvalue weighted by Crippen LogP contribution is 2.37. The van der Waals surface area contributed by atoms with Gasteiger partial charge in [0.25, 0.3) is 0 Å². The number of nitrogens with one attached hydrogen (secondary N) is 1. The summed E-state index contributed by atoms with van der Waals surface area (Å²) < 4.78 is 53.0. The average Bonchev–Trinajstić information content (AvgIpc) is 2.97. The van der Waals surface area contributed by atoms with E-state index in [1.807, 2.05) is 60.7 Å². The van der Waals surface area contributed by atoms with Crippen LogP contribution in [0.3, 0.4) is 0 Å². The van der Waals surface area contributed by atoms with Crippen molar-refractivity contribution in [3.8, 4) is 0 Å². The number of carbonyl (C=O) groups is 3. The SMILES string of the molecule is O=C(C[N+]12CCC(CC1)[C@@H](OC(=O)C(Nc1ccccc1)c1ccccc1F)C2)c1ccccc1.O=C([O-])C(F)(F)F. The molecule has 1 unspecified atom stereocenters. The molecule has 6 rings (SSSR count). The molecular weight excluding hydrogens is 556 g/mol. The lowest BCUT2D eigenvalue weighted by atomic mass is 9.82. The molecule has 3 saturated heterocycles. The van der Waals surface area contributed by atoms with Gasteiger partial charge < -0.3 is 24.4 Å². The first-order valence-electron chi connectivity index (χ1n) is 13.5. The van der Waals surface area contributed by atoms with Crippen molar-refractivity contribution in [2.45, 2.75) is 31.2 Å². The van der Waals surface area contributed by atoms with Crippen LogP contribution in [-0.4, -0.2) is 60.7 Å². The van der Waals surface area contributed by atoms with Crippen molar-refractivity contribution < 1.29 is 46.3 Å². The summed E-state index contributed by atoms with van der Waals surface area (Å²) in [5.74, 6) is -3.57. The smallest absolute Gasteiger partial charge is 0.430 e. The lowest BCUT2D eigenvalue weighted by Crippen LogP contribution is -2.65. The van der Waals surface area contributed by atoms with Gasteiger partial charge in [0.1, 0.15) is 24.9 Å². The number of alkyl halides is 3. The molecule has 222 valence electrons. The summed E-state index contributed by atoms with van der Waals surface area (Å²) in [6, 6.07) is 24.0. The molecule has 0 radical (unpaired) electrons. The molecule has 3 aromatic rings. The number of piperidine rings is 3. The molecule has 0 saturated carbocycles. The summed E-state index contributed by atoms with van der Waals surface area (Å²) in [7, 11) is 0. The zero-order chi connectivity index (χ0) is 30.3. The summed E-state index contributed by atoms with van der Waals surface area (Å²) in [5.41, 5.74) is 1.68. The van der Waals surface area contributed by atoms with E-state index in [1.165, 1.54) is 6.07 Å². The molecular formula is C31H30F4N2O5. The van der Waals surface area contributed by atoms with E-state index in [-0.39, 0.29) is 23.4 Å². The molecule has 0 aromatic heterocycles. The van der Waals surface area contributed by atoms with Crippen LogP contribution in [0.2, 0.25) is 0 Å². The van der Waals surface area contributed by atoms with E-state index in [0.717, 1.165) is 25.9 Å². The molecule has 2 bridgehead atoms. The van der Waals surface area contributed by atoms with E-state index in [2.05, 4.69) is 5.32 Å². The molecule has 3 fully saturated rings. The number of ketones is 1. The Labute approximate surface area is 240 Å². The van der Waals surface area contributed by atoms with Crippen molar-refractivity contribution in [1.82, 2.24) is 0 Å². The van der Waals surface area contributed by atoms with Crippen LogP contribution in [0.15, 0.2) is 84.9 Å². The number of carboxylic acid groups (broad SMARTS) is 1. The lowest BCUT2D eigenvalue weighted by Gasteiger charge is -2.51. The number of anilines is 1. The van der Waals surface area contributed by atoms with Gasteiger partial charge in [-0.25, -0.2) is 9.18 Å². The minimum absolute atomic E-state index is 0.117. The molecule has 1 N–H and O–H groups in total. The molecule has 2 atom stereocenters. The Bertz CT molecular complexity index is 1380. The van der Waals surface area contributed by atoms with Gasteiger partial charge >= 0.3 is 12.1 Å². The van der Waals surface area contributed by atoms with Crippen LogP contribution < -0.4 is 10.4 Å². The Morgan fingerprint density at radius 2 is 1.45 bits per heavy atom. The molecule has 7 nitrogen and oxygen atoms in total. The Balaban J connectivity index is 0.000000517. The third-order valence-electron chi connectivity index (χ3n) is 7.65. The fourth-order valence-corrected chi connectivity index (χ4v) is 5.49. The van der Waals surface area contributed by atoms with Crippen molar-refractivity contribution in [3.05, 3.63) is 102 Å². The molecule has 0 spiro atoms. The molecule has 3 aliphatic heterocycles. The van der Waals surface area contributed by atoms with Gasteiger partial charge in [-0.2, -0.15) is 13.2 Å². The monoisotopic (exact) mass is 586 g/mol. The molecule has 0 aliphatic carbocycles. The number of aliphatic carboxylic acids is 1. The second-order valence-electron chi connectivity index (χ2n) is 10.5. The standard InChI is InChI=1S/C29H30FN2O3.C2HF3O2/c30-25-14-8-7-13-24(25)28(31-23-11-5-2-6-12-23)29(34)35-27-20-32(17-15-22(27)16-18-32)19-26(33)21-9-3-1-4-10-21;3-2(4,5)1(6)7/h1-14,22,27-28,31H,15-20H2;(H,6,7)/q+1;/p-1/t22?,27-,28?,32?;/m0./s1. The summed E-state index contributed by atoms with van der Waals surface area (Å²) in [6.07, 6.45) is -3.66. The van der Waals surface area contributed by atoms with Crippen molar-refractivity contribution in [1.29, 1.82) is 0 Å². The van der Waals surface area contributed by atoms with Crippen LogP contribution in [0.1, 0.15) is 34.8 Å². The number of halogens is 4. The van der Waals surface area contributed by atoms with E-state index in [1.54, 1.807) is 18.2 Å². The maximum Gasteiger partial charge on any atom is 0.430 e. The third-order valence-corrected chi connectivity index (χ3v) is 7.65. The van der Waals surface area contributed by atoms with Crippen LogP contribution in [0.25, 0.3) is 0 Å². The fraction of sp³-hybridized carbons (Fsp3) is 0.323. The van der Waals surface area contributed by atoms with Gasteiger partial charge in [0.2, 0.25) is 5.78 Å². The molecule has 11 heteroatoms. The number of carboxylic acids is 1. The van der Waals surface area contributed by atoms with Crippen molar-refractivity contribution >= 4 is 23.4 Å². The fourth-order valence-electron chi connectivity index (χ4n) is 5.49. The highest BCUT2D eigenvalue weighted by molar-refractivity contribution is 5.97. The van der Waals surface area contributed by atoms with Gasteiger partial charge in [-0.05, 0) is 18.2 Å². The van der Waals surface area contributed by atoms with Crippen LogP contribution in [0.5, 0.6) is 0 Å². The molecule has 0 amide bonds. The Hall–Kier alpha value is -4.25. The normalized spacial score (nSPS) is 21.8. The number of rotatable bonds is 8. The number of carbonyl (C=O) groups excluding carboxylic acids is 3. The minimum atomic E-state index is -5.19. The molecule has 3 aliphatic rings. The van der Waals surface area contributed by atoms with E-state index < -0.39 is 30.0 Å². The van der Waals surface area contributed by atoms with E-state index >= 15 is 0 Å². The zero-order valence-electron chi connectivity index (χ0n) is 22.6. The van der Waals surface area contributed by atoms with Gasteiger partial charge in [-0.15, -0.1) is 0 Å². The van der Waals surface area contributed by atoms with Crippen molar-refractivity contribution in [2.75, 3.05) is 31.5 Å². The summed E-state index contributed by atoms with van der Waals surface area (Å²) in [5, 5.41) is 11.9. The van der Waals surface area contributed by atoms with E-state index in [4.69, 9.17) is 14.6 Å². The number of ether oxygens (including phenoxy) is 1. The quantitative estimate of drug-likeness (QED) is 0.183. The van der Waals surface area contributed by atoms with E-state index in [0.29, 0.717) is 28.8 Å². The Morgan fingerprint density at radius 3 is 2.02 bits per heavy atom. The average molecular weight is 587 g/mol. The summed E-state index contributed by atoms with van der Waals surface area (Å²) >= 11 is 0. The first-order valence-corrected chi connectivity index (χ1v) is 13.5. The molecule has 3 aromatic carbocycles. The number of fused-ring (bicyclic) bond motifs is 3. The largest absolute Gasteiger partial charge is 0.542 e. The topological polar surface area (TPSA) is 95.5 Å². The minimum Gasteiger partial charge on any atom is -0.542 e. The second kappa shape index (κ2) is 13.2. The number of hydrogen-bond donors (Lipinski definition) is 1. The first-order chi connectivity index (χ1) is 20.0. The summed E-state index contributed by atoms with van der Waals surface area (Å²) in [6.45, 7) is 2.85. The molecule has 3 heterocycles. The number of benzene rings is 3. The maximum absolute atomic E-state index is 14.7. The first kappa shape index (κ1) is 30.7. The predicted octanol–water partition coefficient (Wildman–Crippen LogP) is 4.31. The van der Waals surface area contributed by atoms with Crippen LogP contribution >= 0.6 is 0 Å². The predicted molar refractivity (Wildman–Crippen MR) is 143 cm³/mol. The zero-order valence-corrected chi connectivity index (χ0v) is 22.6. The third kappa shape index (κ3) is 7.73. The Kier molecular flexibility index (Phi) is 9.62. The van der Waals surface area contributed by atoms with Gasteiger partial charge in [0.05, 0.1) is 13.1 Å². The number of nitrogens with zero attached hydrogens (tertiary/aromatic N) is 1. The number of quaternary nitrogens is 1. The Morgan fingerprint density at radius 1 is 0.905 bits per heavy atom. The van der Waals surface area contributed by atoms with Crippen LogP contribution in [0.4, 0.5) is 23.2 Å². The summed E-state index contributed by atoms with van der Waals surface area (Å²) in [4.78, 5) is 35.2. The number of para-hydroxylation sites is 1. The van der Waals surface area contributed by atoms with Crippen molar-refractivity contribution in [2.24, 2.45) is 5.92 Å². The van der Waals surface area contributed by atoms with Gasteiger partial charge in [-0.1, -0.05) is 66.7 Å². The number of hydrogen-bond acceptors (Lipinski definition) is 6. The maximum atomic E-state index is 14.7. The van der Waals surface area contributed by atoms with Crippen LogP contribution in [0, 0.1) is 11.7 Å². The number of Topliss-reactive ketones (excluding diaryl/α,β-unsaturated/α-hetero) is 1. The van der Waals surface area contributed by atoms with Crippen molar-refractivity contribution in [3.63, 3.8) is 0 Å². The second-order valence-corrected chi connectivity index (χ2v) is 10.5. The van der Waals surface area contributed by atoms with Gasteiger partial charge in [0, 0.05) is 35.6 Å². The highest BCUT2D eigenvalue weighted by Gasteiger charge is 2.49.